The van der Waals surface area contributed by atoms with Gasteiger partial charge in [0, 0.05) is 16.6 Å². The van der Waals surface area contributed by atoms with Crippen LogP contribution in [0.1, 0.15) is 22.3 Å². The van der Waals surface area contributed by atoms with Crippen molar-refractivity contribution in [3.05, 3.63) is 64.9 Å². The van der Waals surface area contributed by atoms with Gasteiger partial charge in [0.05, 0.1) is 12.7 Å². The van der Waals surface area contributed by atoms with Gasteiger partial charge in [-0.15, -0.1) is 0 Å². The van der Waals surface area contributed by atoms with E-state index in [0.29, 0.717) is 5.11 Å². The lowest BCUT2D eigenvalue weighted by atomic mass is 10.1. The molecule has 1 heterocycles. The fourth-order valence-electron chi connectivity index (χ4n) is 2.71. The number of hydrazine groups is 1. The zero-order valence-electron chi connectivity index (χ0n) is 15.0. The van der Waals surface area contributed by atoms with Crippen LogP contribution in [0, 0.1) is 20.8 Å². The van der Waals surface area contributed by atoms with E-state index >= 15 is 0 Å². The Kier molecular flexibility index (Phi) is 5.23. The van der Waals surface area contributed by atoms with Gasteiger partial charge in [-0.05, 0) is 61.8 Å². The van der Waals surface area contributed by atoms with E-state index in [0.717, 1.165) is 33.3 Å². The van der Waals surface area contributed by atoms with Gasteiger partial charge < -0.3 is 9.73 Å². The second-order valence-electron chi connectivity index (χ2n) is 6.31. The Labute approximate surface area is 157 Å². The van der Waals surface area contributed by atoms with Crippen molar-refractivity contribution in [3.8, 4) is 0 Å². The summed E-state index contributed by atoms with van der Waals surface area (Å²) in [5.74, 6) is -0.196. The molecular formula is C20H21N3O2S. The molecular weight excluding hydrogens is 346 g/mol. The van der Waals surface area contributed by atoms with E-state index in [1.807, 2.05) is 57.2 Å². The summed E-state index contributed by atoms with van der Waals surface area (Å²) in [5, 5.41) is 4.37. The number of rotatable bonds is 3. The molecule has 0 aliphatic heterocycles. The van der Waals surface area contributed by atoms with E-state index in [2.05, 4.69) is 16.2 Å². The summed E-state index contributed by atoms with van der Waals surface area (Å²) in [6.45, 7) is 6.06. The topological polar surface area (TPSA) is 66.3 Å². The average Bonchev–Trinajstić information content (AvgIpc) is 2.99. The lowest BCUT2D eigenvalue weighted by molar-refractivity contribution is -0.120. The molecule has 0 saturated carbocycles. The lowest BCUT2D eigenvalue weighted by Crippen LogP contribution is -2.44. The van der Waals surface area contributed by atoms with Crippen molar-refractivity contribution in [2.24, 2.45) is 0 Å². The first-order chi connectivity index (χ1) is 12.4. The molecule has 5 nitrogen and oxygen atoms in total. The first kappa shape index (κ1) is 17.9. The van der Waals surface area contributed by atoms with Crippen molar-refractivity contribution < 1.29 is 9.21 Å². The average molecular weight is 367 g/mol. The third-order valence-electron chi connectivity index (χ3n) is 4.33. The Morgan fingerprint density at radius 2 is 1.92 bits per heavy atom. The molecule has 2 aromatic carbocycles. The predicted octanol–water partition coefficient (Wildman–Crippen LogP) is 3.92. The largest absolute Gasteiger partial charge is 0.464 e. The molecule has 3 N–H and O–H groups in total. The van der Waals surface area contributed by atoms with Gasteiger partial charge in [-0.2, -0.15) is 0 Å². The third-order valence-corrected chi connectivity index (χ3v) is 4.53. The maximum atomic E-state index is 12.2. The van der Waals surface area contributed by atoms with Crippen molar-refractivity contribution in [1.29, 1.82) is 0 Å². The Bertz CT molecular complexity index is 978. The normalized spacial score (nSPS) is 10.6. The molecule has 1 aromatic heterocycles. The number of anilines is 1. The first-order valence-electron chi connectivity index (χ1n) is 8.33. The summed E-state index contributed by atoms with van der Waals surface area (Å²) < 4.78 is 5.52. The molecule has 0 atom stereocenters. The number of benzene rings is 2. The van der Waals surface area contributed by atoms with Crippen molar-refractivity contribution in [1.82, 2.24) is 10.9 Å². The Hall–Kier alpha value is -2.86. The van der Waals surface area contributed by atoms with Crippen molar-refractivity contribution in [2.75, 3.05) is 5.32 Å². The van der Waals surface area contributed by atoms with E-state index < -0.39 is 0 Å². The first-order valence-corrected chi connectivity index (χ1v) is 8.73. The minimum absolute atomic E-state index is 0.196. The van der Waals surface area contributed by atoms with Crippen molar-refractivity contribution in [2.45, 2.75) is 27.2 Å². The van der Waals surface area contributed by atoms with E-state index in [-0.39, 0.29) is 12.3 Å². The van der Waals surface area contributed by atoms with E-state index in [4.69, 9.17) is 16.6 Å². The molecule has 0 radical (unpaired) electrons. The number of hydrogen-bond donors (Lipinski definition) is 3. The SMILES string of the molecule is Cc1ccc2c(CC(=O)NNC(=S)Nc3cccc(C)c3C)coc2c1. The molecule has 1 amide bonds. The molecule has 0 fully saturated rings. The highest BCUT2D eigenvalue weighted by atomic mass is 32.1. The molecule has 6 heteroatoms. The van der Waals surface area contributed by atoms with Crippen molar-refractivity contribution >= 4 is 39.9 Å². The van der Waals surface area contributed by atoms with Crippen LogP contribution in [-0.2, 0) is 11.2 Å². The van der Waals surface area contributed by atoms with E-state index in [9.17, 15) is 4.79 Å². The van der Waals surface area contributed by atoms with Gasteiger partial charge in [-0.3, -0.25) is 15.6 Å². The third kappa shape index (κ3) is 4.03. The lowest BCUT2D eigenvalue weighted by Gasteiger charge is -2.14. The molecule has 0 spiro atoms. The minimum Gasteiger partial charge on any atom is -0.464 e. The van der Waals surface area contributed by atoms with Crippen LogP contribution in [-0.4, -0.2) is 11.0 Å². The Morgan fingerprint density at radius 3 is 2.73 bits per heavy atom. The minimum atomic E-state index is -0.196. The van der Waals surface area contributed by atoms with Gasteiger partial charge >= 0.3 is 0 Å². The fourth-order valence-corrected chi connectivity index (χ4v) is 2.87. The zero-order valence-corrected chi connectivity index (χ0v) is 15.8. The molecule has 3 rings (SSSR count). The quantitative estimate of drug-likeness (QED) is 0.484. The van der Waals surface area contributed by atoms with Gasteiger partial charge in [0.15, 0.2) is 5.11 Å². The highest BCUT2D eigenvalue weighted by Gasteiger charge is 2.11. The second-order valence-corrected chi connectivity index (χ2v) is 6.72. The number of carbonyl (C=O) groups is 1. The van der Waals surface area contributed by atoms with E-state index in [1.165, 1.54) is 5.56 Å². The standard InChI is InChI=1S/C20H21N3O2S/c1-12-7-8-16-15(11-25-18(16)9-12)10-19(24)22-23-20(26)21-17-6-4-5-13(2)14(17)3/h4-9,11H,10H2,1-3H3,(H,22,24)(H2,21,23,26). The Balaban J connectivity index is 1.56. The van der Waals surface area contributed by atoms with Crippen LogP contribution in [0.2, 0.25) is 0 Å². The van der Waals surface area contributed by atoms with Gasteiger partial charge in [-0.1, -0.05) is 24.3 Å². The highest BCUT2D eigenvalue weighted by Crippen LogP contribution is 2.22. The van der Waals surface area contributed by atoms with Gasteiger partial charge in [0.2, 0.25) is 5.91 Å². The van der Waals surface area contributed by atoms with E-state index in [1.54, 1.807) is 6.26 Å². The number of nitrogens with one attached hydrogen (secondary N) is 3. The van der Waals surface area contributed by atoms with Crippen LogP contribution in [0.3, 0.4) is 0 Å². The molecule has 0 bridgehead atoms. The molecule has 134 valence electrons. The summed E-state index contributed by atoms with van der Waals surface area (Å²) in [5.41, 5.74) is 11.3. The van der Waals surface area contributed by atoms with Crippen LogP contribution in [0.15, 0.2) is 47.1 Å². The molecule has 3 aromatic rings. The molecule has 0 saturated heterocycles. The molecule has 0 aliphatic rings. The fraction of sp³-hybridized carbons (Fsp3) is 0.200. The van der Waals surface area contributed by atoms with Gasteiger partial charge in [0.1, 0.15) is 5.58 Å². The molecule has 0 aliphatic carbocycles. The van der Waals surface area contributed by atoms with Crippen LogP contribution in [0.5, 0.6) is 0 Å². The maximum absolute atomic E-state index is 12.2. The molecule has 26 heavy (non-hydrogen) atoms. The summed E-state index contributed by atoms with van der Waals surface area (Å²) in [6, 6.07) is 11.9. The summed E-state index contributed by atoms with van der Waals surface area (Å²) in [7, 11) is 0. The number of fused-ring (bicyclic) bond motifs is 1. The van der Waals surface area contributed by atoms with Crippen LogP contribution in [0.4, 0.5) is 5.69 Å². The van der Waals surface area contributed by atoms with Crippen molar-refractivity contribution in [3.63, 3.8) is 0 Å². The predicted molar refractivity (Wildman–Crippen MR) is 108 cm³/mol. The van der Waals surface area contributed by atoms with Crippen LogP contribution < -0.4 is 16.2 Å². The monoisotopic (exact) mass is 367 g/mol. The summed E-state index contributed by atoms with van der Waals surface area (Å²) in [6.07, 6.45) is 1.82. The zero-order chi connectivity index (χ0) is 18.7. The van der Waals surface area contributed by atoms with Crippen LogP contribution >= 0.6 is 12.2 Å². The number of furan rings is 1. The second kappa shape index (κ2) is 7.58. The maximum Gasteiger partial charge on any atom is 0.242 e. The Morgan fingerprint density at radius 1 is 1.12 bits per heavy atom. The number of amides is 1. The van der Waals surface area contributed by atoms with Gasteiger partial charge in [0.25, 0.3) is 0 Å². The van der Waals surface area contributed by atoms with Crippen LogP contribution in [0.25, 0.3) is 11.0 Å². The summed E-state index contributed by atoms with van der Waals surface area (Å²) >= 11 is 5.24. The summed E-state index contributed by atoms with van der Waals surface area (Å²) in [4.78, 5) is 12.2. The number of aryl methyl sites for hydroxylation is 2. The van der Waals surface area contributed by atoms with Gasteiger partial charge in [-0.25, -0.2) is 0 Å². The highest BCUT2D eigenvalue weighted by molar-refractivity contribution is 7.80. The number of thiocarbonyl (C=S) groups is 1. The smallest absolute Gasteiger partial charge is 0.242 e. The molecule has 0 unspecified atom stereocenters. The number of carbonyl (C=O) groups excluding carboxylic acids is 1. The number of hydrogen-bond acceptors (Lipinski definition) is 3.